The molecule has 0 radical (unpaired) electrons. The number of pyridine rings is 1. The van der Waals surface area contributed by atoms with Crippen LogP contribution >= 0.6 is 0 Å². The van der Waals surface area contributed by atoms with E-state index < -0.39 is 0 Å². The minimum absolute atomic E-state index is 0.242. The van der Waals surface area contributed by atoms with Crippen LogP contribution in [0.5, 0.6) is 0 Å². The molecule has 0 amide bonds. The molecule has 102 valence electrons. The molecule has 1 aromatic carbocycles. The minimum atomic E-state index is 0.242. The average molecular weight is 277 g/mol. The molecular weight excluding hydrogens is 266 g/mol. The topological polar surface area (TPSA) is 89.1 Å². The van der Waals surface area contributed by atoms with Gasteiger partial charge < -0.3 is 10.7 Å². The normalized spacial score (nSPS) is 11.2. The Hall–Kier alpha value is -3.15. The zero-order chi connectivity index (χ0) is 14.4. The summed E-state index contributed by atoms with van der Waals surface area (Å²) in [6, 6.07) is 9.76. The van der Waals surface area contributed by atoms with E-state index in [0.717, 1.165) is 28.4 Å². The fraction of sp³-hybridized carbons (Fsp3) is 0. The van der Waals surface area contributed by atoms with Crippen LogP contribution in [0.4, 0.5) is 5.82 Å². The summed E-state index contributed by atoms with van der Waals surface area (Å²) in [6.07, 6.45) is 4.25. The minimum Gasteiger partial charge on any atom is -0.382 e. The number of hydrogen-bond donors (Lipinski definition) is 2. The number of nitrogens with two attached hydrogens (primary N) is 1. The number of nitrogens with zero attached hydrogens (tertiary/aromatic N) is 3. The predicted molar refractivity (Wildman–Crippen MR) is 80.1 cm³/mol. The lowest BCUT2D eigenvalue weighted by Gasteiger charge is -2.04. The van der Waals surface area contributed by atoms with E-state index in [-0.39, 0.29) is 5.82 Å². The summed E-state index contributed by atoms with van der Waals surface area (Å²) in [4.78, 5) is 22.6. The zero-order valence-electron chi connectivity index (χ0n) is 10.9. The molecule has 3 heterocycles. The number of nitrogens with one attached hydrogen (secondary N) is 1. The van der Waals surface area contributed by atoms with Gasteiger partial charge in [0.15, 0.2) is 12.1 Å². The highest BCUT2D eigenvalue weighted by atomic mass is 16.1. The van der Waals surface area contributed by atoms with Crippen molar-refractivity contribution in [1.29, 1.82) is 0 Å². The molecule has 0 aliphatic heterocycles. The van der Waals surface area contributed by atoms with E-state index in [1.807, 2.05) is 36.5 Å². The zero-order valence-corrected chi connectivity index (χ0v) is 10.9. The Morgan fingerprint density at radius 1 is 1.19 bits per heavy atom. The number of carbonyl (C=O) groups excluding carboxylic acids is 1. The van der Waals surface area contributed by atoms with Gasteiger partial charge in [-0.25, -0.2) is 9.97 Å². The summed E-state index contributed by atoms with van der Waals surface area (Å²) in [7, 11) is 0. The lowest BCUT2D eigenvalue weighted by atomic mass is 10.1. The number of anilines is 1. The van der Waals surface area contributed by atoms with Gasteiger partial charge in [0.1, 0.15) is 11.3 Å². The first kappa shape index (κ1) is 11.7. The summed E-state index contributed by atoms with van der Waals surface area (Å²) in [5.41, 5.74) is 10.6. The lowest BCUT2D eigenvalue weighted by Crippen LogP contribution is -1.95. The van der Waals surface area contributed by atoms with Crippen molar-refractivity contribution in [3.05, 3.63) is 48.5 Å². The average Bonchev–Trinajstić information content (AvgIpc) is 3.08. The molecule has 0 aliphatic rings. The number of rotatable bonds is 2. The first-order valence-electron chi connectivity index (χ1n) is 6.42. The van der Waals surface area contributed by atoms with Crippen LogP contribution in [-0.2, 0) is 0 Å². The van der Waals surface area contributed by atoms with Crippen molar-refractivity contribution in [1.82, 2.24) is 19.4 Å². The number of hydrogen-bond acceptors (Lipinski definition) is 4. The smallest absolute Gasteiger partial charge is 0.170 e. The molecule has 3 aromatic heterocycles. The van der Waals surface area contributed by atoms with Gasteiger partial charge in [-0.2, -0.15) is 0 Å². The summed E-state index contributed by atoms with van der Waals surface area (Å²) in [6.45, 7) is 0. The number of aromatic amines is 1. The Bertz CT molecular complexity index is 982. The van der Waals surface area contributed by atoms with Gasteiger partial charge in [-0.1, -0.05) is 6.07 Å². The Morgan fingerprint density at radius 3 is 2.90 bits per heavy atom. The standard InChI is InChI=1S/C15H11N5O/c16-15-13(7-21)20-6-10(2-4-14(20)19-15)9-1-3-11-12(5-9)18-8-17-11/h1-8H,16H2,(H,17,18). The monoisotopic (exact) mass is 277 g/mol. The maximum Gasteiger partial charge on any atom is 0.170 e. The molecule has 0 unspecified atom stereocenters. The fourth-order valence-corrected chi connectivity index (χ4v) is 2.48. The molecule has 6 heteroatoms. The van der Waals surface area contributed by atoms with Crippen LogP contribution in [0.2, 0.25) is 0 Å². The van der Waals surface area contributed by atoms with Gasteiger partial charge in [-0.3, -0.25) is 9.20 Å². The van der Waals surface area contributed by atoms with Crippen LogP contribution in [0, 0.1) is 0 Å². The van der Waals surface area contributed by atoms with Crippen molar-refractivity contribution in [3.63, 3.8) is 0 Å². The summed E-state index contributed by atoms with van der Waals surface area (Å²) in [5, 5.41) is 0. The number of nitrogen functional groups attached to an aromatic ring is 1. The SMILES string of the molecule is Nc1nc2ccc(-c3ccc4nc[nH]c4c3)cn2c1C=O. The molecule has 0 saturated carbocycles. The second-order valence-corrected chi connectivity index (χ2v) is 4.78. The molecule has 21 heavy (non-hydrogen) atoms. The largest absolute Gasteiger partial charge is 0.382 e. The molecule has 0 aliphatic carbocycles. The number of aromatic nitrogens is 4. The van der Waals surface area contributed by atoms with E-state index in [2.05, 4.69) is 15.0 Å². The van der Waals surface area contributed by atoms with Gasteiger partial charge in [-0.05, 0) is 35.4 Å². The highest BCUT2D eigenvalue weighted by molar-refractivity contribution is 5.84. The summed E-state index contributed by atoms with van der Waals surface area (Å²) in [5.74, 6) is 0.242. The molecular formula is C15H11N5O. The van der Waals surface area contributed by atoms with Gasteiger partial charge in [0.05, 0.1) is 17.4 Å². The van der Waals surface area contributed by atoms with E-state index in [9.17, 15) is 4.79 Å². The summed E-state index contributed by atoms with van der Waals surface area (Å²) < 4.78 is 1.70. The fourth-order valence-electron chi connectivity index (χ4n) is 2.48. The number of imidazole rings is 2. The van der Waals surface area contributed by atoms with Gasteiger partial charge >= 0.3 is 0 Å². The highest BCUT2D eigenvalue weighted by Gasteiger charge is 2.10. The van der Waals surface area contributed by atoms with Gasteiger partial charge in [-0.15, -0.1) is 0 Å². The number of aldehydes is 1. The highest BCUT2D eigenvalue weighted by Crippen LogP contribution is 2.24. The molecule has 0 bridgehead atoms. The third-order valence-corrected chi connectivity index (χ3v) is 3.55. The second kappa shape index (κ2) is 4.17. The second-order valence-electron chi connectivity index (χ2n) is 4.78. The van der Waals surface area contributed by atoms with Crippen LogP contribution in [0.25, 0.3) is 27.8 Å². The Morgan fingerprint density at radius 2 is 2.05 bits per heavy atom. The van der Waals surface area contributed by atoms with Crippen molar-refractivity contribution >= 4 is 28.8 Å². The number of carbonyl (C=O) groups is 1. The van der Waals surface area contributed by atoms with E-state index in [1.165, 1.54) is 0 Å². The van der Waals surface area contributed by atoms with Gasteiger partial charge in [0, 0.05) is 6.20 Å². The maximum atomic E-state index is 11.1. The molecule has 0 atom stereocenters. The van der Waals surface area contributed by atoms with Crippen LogP contribution in [0.3, 0.4) is 0 Å². The number of fused-ring (bicyclic) bond motifs is 2. The number of benzene rings is 1. The Kier molecular flexibility index (Phi) is 2.32. The van der Waals surface area contributed by atoms with E-state index in [1.54, 1.807) is 10.7 Å². The van der Waals surface area contributed by atoms with Gasteiger partial charge in [0.2, 0.25) is 0 Å². The van der Waals surface area contributed by atoms with Crippen LogP contribution in [0.15, 0.2) is 42.9 Å². The number of H-pyrrole nitrogens is 1. The molecule has 3 N–H and O–H groups in total. The van der Waals surface area contributed by atoms with Crippen molar-refractivity contribution in [2.24, 2.45) is 0 Å². The molecule has 0 spiro atoms. The van der Waals surface area contributed by atoms with Crippen LogP contribution in [0.1, 0.15) is 10.5 Å². The molecule has 4 rings (SSSR count). The quantitative estimate of drug-likeness (QED) is 0.550. The van der Waals surface area contributed by atoms with Crippen LogP contribution in [-0.4, -0.2) is 25.6 Å². The lowest BCUT2D eigenvalue weighted by molar-refractivity contribution is 0.111. The van der Waals surface area contributed by atoms with Crippen LogP contribution < -0.4 is 5.73 Å². The Labute approximate surface area is 119 Å². The maximum absolute atomic E-state index is 11.1. The third kappa shape index (κ3) is 1.69. The molecule has 4 aromatic rings. The first-order chi connectivity index (χ1) is 10.3. The van der Waals surface area contributed by atoms with Crippen molar-refractivity contribution in [2.75, 3.05) is 5.73 Å². The van der Waals surface area contributed by atoms with Crippen molar-refractivity contribution in [3.8, 4) is 11.1 Å². The third-order valence-electron chi connectivity index (χ3n) is 3.55. The van der Waals surface area contributed by atoms with E-state index in [0.29, 0.717) is 11.3 Å². The first-order valence-corrected chi connectivity index (χ1v) is 6.42. The van der Waals surface area contributed by atoms with E-state index >= 15 is 0 Å². The van der Waals surface area contributed by atoms with Crippen molar-refractivity contribution in [2.45, 2.75) is 0 Å². The van der Waals surface area contributed by atoms with Gasteiger partial charge in [0.25, 0.3) is 0 Å². The van der Waals surface area contributed by atoms with Crippen molar-refractivity contribution < 1.29 is 4.79 Å². The van der Waals surface area contributed by atoms with E-state index in [4.69, 9.17) is 5.73 Å². The molecule has 0 fully saturated rings. The Balaban J connectivity index is 1.94. The molecule has 0 saturated heterocycles. The predicted octanol–water partition coefficient (Wildman–Crippen LogP) is 2.27. The molecule has 6 nitrogen and oxygen atoms in total. The summed E-state index contributed by atoms with van der Waals surface area (Å²) >= 11 is 0.